The Bertz CT molecular complexity index is 368. The van der Waals surface area contributed by atoms with Crippen LogP contribution >= 0.6 is 27.3 Å². The molecule has 1 heterocycles. The van der Waals surface area contributed by atoms with Gasteiger partial charge in [-0.1, -0.05) is 19.3 Å². The largest absolute Gasteiger partial charge is 0.373 e. The van der Waals surface area contributed by atoms with E-state index >= 15 is 0 Å². The van der Waals surface area contributed by atoms with Crippen LogP contribution in [0.3, 0.4) is 0 Å². The van der Waals surface area contributed by atoms with Gasteiger partial charge in [-0.25, -0.2) is 0 Å². The first-order valence-electron chi connectivity index (χ1n) is 6.77. The van der Waals surface area contributed by atoms with Gasteiger partial charge in [-0.3, -0.25) is 0 Å². The van der Waals surface area contributed by atoms with Crippen molar-refractivity contribution in [1.29, 1.82) is 0 Å². The summed E-state index contributed by atoms with van der Waals surface area (Å²) < 4.78 is 7.43. The third-order valence-corrected chi connectivity index (χ3v) is 5.79. The first-order valence-corrected chi connectivity index (χ1v) is 8.45. The van der Waals surface area contributed by atoms with Gasteiger partial charge in [0, 0.05) is 16.0 Å². The number of hydrogen-bond acceptors (Lipinski definition) is 3. The van der Waals surface area contributed by atoms with Crippen LogP contribution in [0.1, 0.15) is 49.9 Å². The highest BCUT2D eigenvalue weighted by Gasteiger charge is 2.41. The predicted molar refractivity (Wildman–Crippen MR) is 81.3 cm³/mol. The quantitative estimate of drug-likeness (QED) is 0.856. The first kappa shape index (κ1) is 14.5. The van der Waals surface area contributed by atoms with E-state index in [9.17, 15) is 0 Å². The van der Waals surface area contributed by atoms with Crippen molar-refractivity contribution >= 4 is 27.3 Å². The molecule has 1 saturated carbocycles. The van der Waals surface area contributed by atoms with Crippen LogP contribution in [0.2, 0.25) is 0 Å². The lowest BCUT2D eigenvalue weighted by Gasteiger charge is -2.43. The molecule has 18 heavy (non-hydrogen) atoms. The molecule has 0 aromatic carbocycles. The average molecular weight is 332 g/mol. The third-order valence-electron chi connectivity index (χ3n) is 3.85. The number of thiophene rings is 1. The molecule has 2 rings (SSSR count). The highest BCUT2D eigenvalue weighted by atomic mass is 79.9. The van der Waals surface area contributed by atoms with E-state index in [1.54, 1.807) is 0 Å². The topological polar surface area (TPSA) is 21.3 Å². The predicted octanol–water partition coefficient (Wildman–Crippen LogP) is 4.51. The zero-order chi connectivity index (χ0) is 13.0. The lowest BCUT2D eigenvalue weighted by molar-refractivity contribution is -0.0892. The summed E-state index contributed by atoms with van der Waals surface area (Å²) in [4.78, 5) is 1.37. The van der Waals surface area contributed by atoms with Gasteiger partial charge < -0.3 is 10.1 Å². The van der Waals surface area contributed by atoms with E-state index in [0.717, 1.165) is 19.4 Å². The molecule has 1 unspecified atom stereocenters. The van der Waals surface area contributed by atoms with Crippen LogP contribution in [0.25, 0.3) is 0 Å². The van der Waals surface area contributed by atoms with Gasteiger partial charge in [-0.15, -0.1) is 11.3 Å². The van der Waals surface area contributed by atoms with Crippen LogP contribution in [0, 0.1) is 0 Å². The van der Waals surface area contributed by atoms with Gasteiger partial charge in [0.25, 0.3) is 0 Å². The van der Waals surface area contributed by atoms with Crippen molar-refractivity contribution < 1.29 is 4.74 Å². The molecule has 2 nitrogen and oxygen atoms in total. The van der Waals surface area contributed by atoms with E-state index in [-0.39, 0.29) is 5.60 Å². The Morgan fingerprint density at radius 2 is 2.17 bits per heavy atom. The van der Waals surface area contributed by atoms with E-state index in [4.69, 9.17) is 4.74 Å². The zero-order valence-electron chi connectivity index (χ0n) is 11.2. The molecule has 0 aliphatic heterocycles. The van der Waals surface area contributed by atoms with Crippen LogP contribution in [0.4, 0.5) is 0 Å². The van der Waals surface area contributed by atoms with Crippen molar-refractivity contribution in [1.82, 2.24) is 5.32 Å². The second-order valence-corrected chi connectivity index (χ2v) is 6.71. The van der Waals surface area contributed by atoms with Gasteiger partial charge in [0.05, 0.1) is 11.6 Å². The number of nitrogens with one attached hydrogen (secondary N) is 1. The second-order valence-electron chi connectivity index (χ2n) is 4.91. The van der Waals surface area contributed by atoms with Crippen molar-refractivity contribution in [2.75, 3.05) is 13.7 Å². The van der Waals surface area contributed by atoms with E-state index in [0.29, 0.717) is 6.04 Å². The highest BCUT2D eigenvalue weighted by Crippen LogP contribution is 2.44. The number of rotatable bonds is 5. The fraction of sp³-hybridized carbons (Fsp3) is 0.714. The Morgan fingerprint density at radius 1 is 1.44 bits per heavy atom. The molecule has 0 bridgehead atoms. The minimum atomic E-state index is -0.0187. The maximum Gasteiger partial charge on any atom is 0.0884 e. The number of ether oxygens (including phenoxy) is 1. The van der Waals surface area contributed by atoms with Crippen LogP contribution in [-0.4, -0.2) is 19.3 Å². The molecular formula is C14H22BrNOS. The van der Waals surface area contributed by atoms with Gasteiger partial charge in [0.2, 0.25) is 0 Å². The summed E-state index contributed by atoms with van der Waals surface area (Å²) in [5.74, 6) is 0. The molecule has 1 aromatic rings. The molecule has 0 amide bonds. The number of likely N-dealkylation sites (N-methyl/N-ethyl adjacent to an activating group) is 1. The molecule has 102 valence electrons. The van der Waals surface area contributed by atoms with Gasteiger partial charge in [0.15, 0.2) is 0 Å². The van der Waals surface area contributed by atoms with Gasteiger partial charge in [0.1, 0.15) is 0 Å². The van der Waals surface area contributed by atoms with Crippen molar-refractivity contribution in [2.45, 2.75) is 50.7 Å². The fourth-order valence-corrected chi connectivity index (χ4v) is 4.92. The molecule has 1 aliphatic rings. The molecule has 4 heteroatoms. The Hall–Kier alpha value is 0.100. The molecule has 1 aromatic heterocycles. The molecule has 0 saturated heterocycles. The lowest BCUT2D eigenvalue weighted by Crippen LogP contribution is -2.46. The average Bonchev–Trinajstić information content (AvgIpc) is 2.78. The summed E-state index contributed by atoms with van der Waals surface area (Å²) in [6.45, 7) is 2.90. The maximum atomic E-state index is 6.23. The van der Waals surface area contributed by atoms with E-state index in [1.807, 2.05) is 18.4 Å². The van der Waals surface area contributed by atoms with Crippen LogP contribution in [0.15, 0.2) is 15.9 Å². The standard InChI is InChI=1S/C14H22BrNOS/c1-3-17-14(8-5-4-6-9-14)13(16-2)12-11(15)7-10-18-12/h7,10,13,16H,3-6,8-9H2,1-2H3. The number of halogens is 1. The summed E-state index contributed by atoms with van der Waals surface area (Å²) in [6, 6.07) is 2.43. The van der Waals surface area contributed by atoms with Crippen molar-refractivity contribution in [3.8, 4) is 0 Å². The minimum Gasteiger partial charge on any atom is -0.373 e. The molecule has 0 spiro atoms. The SMILES string of the molecule is CCOC1(C(NC)c2sccc2Br)CCCCC1. The summed E-state index contributed by atoms with van der Waals surface area (Å²) in [7, 11) is 2.05. The molecule has 1 atom stereocenters. The van der Waals surface area contributed by atoms with Crippen LogP contribution in [-0.2, 0) is 4.74 Å². The van der Waals surface area contributed by atoms with E-state index in [2.05, 4.69) is 39.6 Å². The summed E-state index contributed by atoms with van der Waals surface area (Å²) in [5, 5.41) is 5.64. The molecule has 1 fully saturated rings. The highest BCUT2D eigenvalue weighted by molar-refractivity contribution is 9.10. The molecule has 1 N–H and O–H groups in total. The smallest absolute Gasteiger partial charge is 0.0884 e. The zero-order valence-corrected chi connectivity index (χ0v) is 13.6. The summed E-state index contributed by atoms with van der Waals surface area (Å²) in [6.07, 6.45) is 6.23. The van der Waals surface area contributed by atoms with Crippen molar-refractivity contribution in [3.63, 3.8) is 0 Å². The minimum absolute atomic E-state index is 0.0187. The molecule has 1 aliphatic carbocycles. The molecule has 0 radical (unpaired) electrons. The second kappa shape index (κ2) is 6.51. The fourth-order valence-electron chi connectivity index (χ4n) is 3.10. The van der Waals surface area contributed by atoms with Crippen molar-refractivity contribution in [2.24, 2.45) is 0 Å². The molecular weight excluding hydrogens is 310 g/mol. The van der Waals surface area contributed by atoms with Crippen molar-refractivity contribution in [3.05, 3.63) is 20.8 Å². The third kappa shape index (κ3) is 2.82. The first-order chi connectivity index (χ1) is 8.73. The number of hydrogen-bond donors (Lipinski definition) is 1. The summed E-state index contributed by atoms with van der Waals surface area (Å²) in [5.41, 5.74) is -0.0187. The van der Waals surface area contributed by atoms with Gasteiger partial charge in [-0.2, -0.15) is 0 Å². The van der Waals surface area contributed by atoms with E-state index < -0.39 is 0 Å². The van der Waals surface area contributed by atoms with Gasteiger partial charge in [-0.05, 0) is 54.2 Å². The normalized spacial score (nSPS) is 20.8. The Balaban J connectivity index is 2.29. The monoisotopic (exact) mass is 331 g/mol. The summed E-state index contributed by atoms with van der Waals surface area (Å²) >= 11 is 5.48. The maximum absolute atomic E-state index is 6.23. The Morgan fingerprint density at radius 3 is 2.67 bits per heavy atom. The van der Waals surface area contributed by atoms with E-state index in [1.165, 1.54) is 28.6 Å². The Labute approximate surface area is 122 Å². The van der Waals surface area contributed by atoms with Crippen LogP contribution in [0.5, 0.6) is 0 Å². The Kier molecular flexibility index (Phi) is 5.24. The van der Waals surface area contributed by atoms with Gasteiger partial charge >= 0.3 is 0 Å². The van der Waals surface area contributed by atoms with Crippen LogP contribution < -0.4 is 5.32 Å². The lowest BCUT2D eigenvalue weighted by atomic mass is 9.78.